The third-order valence-electron chi connectivity index (χ3n) is 7.69. The number of ketones is 1. The molecule has 192 valence electrons. The van der Waals surface area contributed by atoms with Gasteiger partial charge in [0.25, 0.3) is 0 Å². The zero-order valence-electron chi connectivity index (χ0n) is 21.5. The number of hydrogen-bond acceptors (Lipinski definition) is 9. The van der Waals surface area contributed by atoms with Gasteiger partial charge in [-0.05, 0) is 32.0 Å². The van der Waals surface area contributed by atoms with E-state index in [0.717, 1.165) is 11.1 Å². The molecule has 1 atom stereocenters. The molecule has 0 bridgehead atoms. The number of likely N-dealkylation sites (N-methyl/N-ethyl adjacent to an activating group) is 1. The lowest BCUT2D eigenvalue weighted by Gasteiger charge is -2.36. The Hall–Kier alpha value is -4.59. The first-order chi connectivity index (χ1) is 18.3. The highest BCUT2D eigenvalue weighted by Crippen LogP contribution is 2.39. The van der Waals surface area contributed by atoms with Crippen LogP contribution in [0.2, 0.25) is 0 Å². The topological polar surface area (TPSA) is 122 Å². The average molecular weight is 510 g/mol. The number of fused-ring (bicyclic) bond motifs is 2. The van der Waals surface area contributed by atoms with Crippen molar-refractivity contribution < 1.29 is 9.59 Å². The molecule has 0 aromatic carbocycles. The monoisotopic (exact) mass is 509 g/mol. The lowest BCUT2D eigenvalue weighted by molar-refractivity contribution is 0.0923. The van der Waals surface area contributed by atoms with Gasteiger partial charge in [-0.25, -0.2) is 24.7 Å². The third-order valence-corrected chi connectivity index (χ3v) is 7.69. The molecule has 2 amide bonds. The van der Waals surface area contributed by atoms with Crippen molar-refractivity contribution in [3.63, 3.8) is 0 Å². The van der Waals surface area contributed by atoms with E-state index in [0.29, 0.717) is 61.4 Å². The van der Waals surface area contributed by atoms with Crippen LogP contribution in [-0.2, 0) is 6.54 Å². The minimum atomic E-state index is -0.825. The maximum atomic E-state index is 13.2. The van der Waals surface area contributed by atoms with Gasteiger partial charge < -0.3 is 19.6 Å². The Morgan fingerprint density at radius 2 is 1.87 bits per heavy atom. The Morgan fingerprint density at radius 3 is 2.63 bits per heavy atom. The first-order valence-corrected chi connectivity index (χ1v) is 12.5. The number of urea groups is 1. The number of Topliss-reactive ketones (excluding diaryl/α,β-unsaturated/α-hetero) is 1. The summed E-state index contributed by atoms with van der Waals surface area (Å²) in [6.07, 6.45) is 5.08. The van der Waals surface area contributed by atoms with Crippen molar-refractivity contribution in [3.05, 3.63) is 59.7 Å². The summed E-state index contributed by atoms with van der Waals surface area (Å²) in [5, 5.41) is 9.50. The zero-order valence-corrected chi connectivity index (χ0v) is 21.5. The van der Waals surface area contributed by atoms with E-state index < -0.39 is 5.54 Å². The summed E-state index contributed by atoms with van der Waals surface area (Å²) in [6.45, 7) is 6.79. The number of carbonyl (C=O) groups excluding carboxylic acids is 2. The van der Waals surface area contributed by atoms with Crippen LogP contribution in [0.5, 0.6) is 0 Å². The van der Waals surface area contributed by atoms with Crippen molar-refractivity contribution in [3.8, 4) is 17.3 Å². The molecule has 0 saturated carbocycles. The summed E-state index contributed by atoms with van der Waals surface area (Å²) in [6, 6.07) is 9.60. The maximum Gasteiger partial charge on any atom is 0.320 e. The van der Waals surface area contributed by atoms with Crippen LogP contribution in [0.3, 0.4) is 0 Å². The number of rotatable bonds is 4. The van der Waals surface area contributed by atoms with Crippen molar-refractivity contribution >= 4 is 23.6 Å². The van der Waals surface area contributed by atoms with E-state index >= 15 is 0 Å². The quantitative estimate of drug-likeness (QED) is 0.521. The van der Waals surface area contributed by atoms with Crippen LogP contribution in [0, 0.1) is 11.3 Å². The molecule has 2 saturated heterocycles. The van der Waals surface area contributed by atoms with Crippen molar-refractivity contribution in [1.82, 2.24) is 29.7 Å². The fourth-order valence-electron chi connectivity index (χ4n) is 5.49. The van der Waals surface area contributed by atoms with E-state index in [1.54, 1.807) is 35.6 Å². The molecule has 3 aliphatic rings. The van der Waals surface area contributed by atoms with Gasteiger partial charge in [0.05, 0.1) is 22.8 Å². The molecular formula is C27H27N9O2. The van der Waals surface area contributed by atoms with Crippen molar-refractivity contribution in [2.24, 2.45) is 0 Å². The predicted molar refractivity (Wildman–Crippen MR) is 140 cm³/mol. The molecule has 11 heteroatoms. The van der Waals surface area contributed by atoms with E-state index in [1.165, 1.54) is 0 Å². The van der Waals surface area contributed by atoms with E-state index in [1.807, 2.05) is 42.8 Å². The van der Waals surface area contributed by atoms with Crippen molar-refractivity contribution in [1.29, 1.82) is 5.26 Å². The highest BCUT2D eigenvalue weighted by atomic mass is 16.2. The molecule has 2 fully saturated rings. The lowest BCUT2D eigenvalue weighted by Crippen LogP contribution is -2.52. The van der Waals surface area contributed by atoms with Crippen LogP contribution in [0.1, 0.15) is 35.5 Å². The highest BCUT2D eigenvalue weighted by molar-refractivity contribution is 6.12. The third kappa shape index (κ3) is 3.72. The van der Waals surface area contributed by atoms with E-state index in [4.69, 9.17) is 4.98 Å². The number of pyridine rings is 2. The van der Waals surface area contributed by atoms with Crippen molar-refractivity contribution in [2.75, 3.05) is 43.0 Å². The Kier molecular flexibility index (Phi) is 5.48. The number of aromatic nitrogens is 4. The fraction of sp³-hybridized carbons (Fsp3) is 0.370. The van der Waals surface area contributed by atoms with E-state index in [9.17, 15) is 14.9 Å². The zero-order chi connectivity index (χ0) is 26.6. The standard InChI is InChI=1S/C27H27N9O2/c1-27(2)23(37)20-6-7-21(32-24(20)36(27)14-17-5-4-8-29-22(17)11-28)18-12-30-25(31-13-18)34-9-10-35-19(16-34)15-33(3)26(35)38/h4-8,12-13,19H,9-10,14-16H2,1-3H3. The molecule has 1 unspecified atom stereocenters. The van der Waals surface area contributed by atoms with Gasteiger partial charge >= 0.3 is 6.03 Å². The molecule has 0 N–H and O–H groups in total. The molecule has 0 radical (unpaired) electrons. The van der Waals surface area contributed by atoms with Crippen LogP contribution in [0.4, 0.5) is 16.6 Å². The minimum Gasteiger partial charge on any atom is -0.339 e. The Bertz CT molecular complexity index is 1480. The van der Waals surface area contributed by atoms with Gasteiger partial charge in [-0.1, -0.05) is 6.07 Å². The second-order valence-electron chi connectivity index (χ2n) is 10.4. The molecule has 3 aliphatic heterocycles. The van der Waals surface area contributed by atoms with Gasteiger partial charge in [0.2, 0.25) is 5.95 Å². The van der Waals surface area contributed by atoms with Gasteiger partial charge in [0, 0.05) is 69.5 Å². The SMILES string of the molecule is CN1CC2CN(c3ncc(-c4ccc5c(n4)N(Cc4cccnc4C#N)C(C)(C)C5=O)cn3)CCN2C1=O. The van der Waals surface area contributed by atoms with Crippen LogP contribution >= 0.6 is 0 Å². The van der Waals surface area contributed by atoms with Gasteiger partial charge in [0.1, 0.15) is 17.6 Å². The summed E-state index contributed by atoms with van der Waals surface area (Å²) in [5.74, 6) is 1.17. The normalized spacial score (nSPS) is 20.0. The van der Waals surface area contributed by atoms with Gasteiger partial charge in [0.15, 0.2) is 5.78 Å². The summed E-state index contributed by atoms with van der Waals surface area (Å²) in [5.41, 5.74) is 2.19. The smallest absolute Gasteiger partial charge is 0.320 e. The number of hydrogen-bond donors (Lipinski definition) is 0. The summed E-state index contributed by atoms with van der Waals surface area (Å²) < 4.78 is 0. The number of nitriles is 1. The first-order valence-electron chi connectivity index (χ1n) is 12.5. The number of amides is 2. The van der Waals surface area contributed by atoms with Gasteiger partial charge in [-0.2, -0.15) is 5.26 Å². The molecule has 6 rings (SSSR count). The average Bonchev–Trinajstić information content (AvgIpc) is 3.32. The Labute approximate surface area is 220 Å². The lowest BCUT2D eigenvalue weighted by atomic mass is 9.97. The highest BCUT2D eigenvalue weighted by Gasteiger charge is 2.45. The second kappa shape index (κ2) is 8.76. The maximum absolute atomic E-state index is 13.2. The summed E-state index contributed by atoms with van der Waals surface area (Å²) in [7, 11) is 1.83. The second-order valence-corrected chi connectivity index (χ2v) is 10.4. The summed E-state index contributed by atoms with van der Waals surface area (Å²) >= 11 is 0. The fourth-order valence-corrected chi connectivity index (χ4v) is 5.49. The van der Waals surface area contributed by atoms with Gasteiger partial charge in [-0.3, -0.25) is 4.79 Å². The van der Waals surface area contributed by atoms with Crippen molar-refractivity contribution in [2.45, 2.75) is 32.0 Å². The number of carbonyl (C=O) groups is 2. The van der Waals surface area contributed by atoms with Crippen LogP contribution in [0.25, 0.3) is 11.3 Å². The van der Waals surface area contributed by atoms with Gasteiger partial charge in [-0.15, -0.1) is 0 Å². The molecule has 6 heterocycles. The molecule has 3 aromatic heterocycles. The van der Waals surface area contributed by atoms with Crippen LogP contribution < -0.4 is 9.80 Å². The van der Waals surface area contributed by atoms with E-state index in [-0.39, 0.29) is 17.9 Å². The van der Waals surface area contributed by atoms with E-state index in [2.05, 4.69) is 25.9 Å². The predicted octanol–water partition coefficient (Wildman–Crippen LogP) is 2.34. The van der Waals surface area contributed by atoms with Crippen LogP contribution in [-0.4, -0.2) is 86.4 Å². The molecular weight excluding hydrogens is 482 g/mol. The minimum absolute atomic E-state index is 0.0178. The Morgan fingerprint density at radius 1 is 1.08 bits per heavy atom. The Balaban J connectivity index is 1.26. The molecule has 11 nitrogen and oxygen atoms in total. The van der Waals surface area contributed by atoms with Crippen LogP contribution in [0.15, 0.2) is 42.9 Å². The number of piperazine rings is 1. The molecule has 0 spiro atoms. The number of anilines is 2. The molecule has 3 aromatic rings. The molecule has 38 heavy (non-hydrogen) atoms. The molecule has 0 aliphatic carbocycles. The first kappa shape index (κ1) is 23.8. The summed E-state index contributed by atoms with van der Waals surface area (Å²) in [4.78, 5) is 51.4. The number of nitrogens with zero attached hydrogens (tertiary/aromatic N) is 9. The largest absolute Gasteiger partial charge is 0.339 e.